The zero-order chi connectivity index (χ0) is 28.8. The van der Waals surface area contributed by atoms with Gasteiger partial charge in [0.1, 0.15) is 12.2 Å². The van der Waals surface area contributed by atoms with Crippen LogP contribution in [0.4, 0.5) is 0 Å². The second kappa shape index (κ2) is 13.5. The molecule has 9 heteroatoms. The van der Waals surface area contributed by atoms with Gasteiger partial charge in [0.25, 0.3) is 0 Å². The van der Waals surface area contributed by atoms with Crippen molar-refractivity contribution in [2.24, 2.45) is 0 Å². The molecular formula is C28H56O7Si2. The Morgan fingerprint density at radius 1 is 0.649 bits per heavy atom. The molecule has 0 spiro atoms. The molecule has 37 heavy (non-hydrogen) atoms. The van der Waals surface area contributed by atoms with Gasteiger partial charge >= 0.3 is 11.9 Å². The van der Waals surface area contributed by atoms with Gasteiger partial charge in [-0.3, -0.25) is 9.59 Å². The van der Waals surface area contributed by atoms with E-state index in [0.29, 0.717) is 19.3 Å². The second-order valence-corrected chi connectivity index (χ2v) is 23.5. The average Bonchev–Trinajstić information content (AvgIpc) is 2.64. The Morgan fingerprint density at radius 2 is 1.03 bits per heavy atom. The highest BCUT2D eigenvalue weighted by Gasteiger charge is 2.42. The molecule has 2 aliphatic carbocycles. The van der Waals surface area contributed by atoms with Crippen molar-refractivity contribution in [1.82, 2.24) is 0 Å². The highest BCUT2D eigenvalue weighted by atomic mass is 28.4. The summed E-state index contributed by atoms with van der Waals surface area (Å²) in [6.45, 7) is 25.2. The number of aliphatic hydroxyl groups is 1. The first-order valence-corrected chi connectivity index (χ1v) is 19.8. The number of aliphatic hydroxyl groups excluding tert-OH is 1. The monoisotopic (exact) mass is 560 g/mol. The maximum atomic E-state index is 11.0. The number of rotatable bonds is 6. The molecule has 2 aliphatic rings. The third-order valence-electron chi connectivity index (χ3n) is 8.37. The predicted octanol–water partition coefficient (Wildman–Crippen LogP) is 6.74. The summed E-state index contributed by atoms with van der Waals surface area (Å²) in [6, 6.07) is 0. The van der Waals surface area contributed by atoms with Gasteiger partial charge in [0.05, 0.1) is 12.2 Å². The summed E-state index contributed by atoms with van der Waals surface area (Å²) in [4.78, 5) is 22.0. The summed E-state index contributed by atoms with van der Waals surface area (Å²) in [6.07, 6.45) is 5.59. The molecule has 5 atom stereocenters. The van der Waals surface area contributed by atoms with E-state index in [4.69, 9.17) is 18.3 Å². The van der Waals surface area contributed by atoms with Gasteiger partial charge in [-0.25, -0.2) is 0 Å². The molecular weight excluding hydrogens is 504 g/mol. The van der Waals surface area contributed by atoms with Crippen molar-refractivity contribution in [3.05, 3.63) is 0 Å². The number of esters is 2. The predicted molar refractivity (Wildman–Crippen MR) is 154 cm³/mol. The fourth-order valence-corrected chi connectivity index (χ4v) is 7.13. The molecule has 218 valence electrons. The molecule has 0 radical (unpaired) electrons. The molecule has 2 saturated carbocycles. The molecule has 0 aromatic heterocycles. The Hall–Kier alpha value is -0.746. The second-order valence-electron chi connectivity index (χ2n) is 14.0. The first kappa shape index (κ1) is 34.3. The van der Waals surface area contributed by atoms with Crippen molar-refractivity contribution in [3.8, 4) is 0 Å². The molecule has 0 bridgehead atoms. The highest BCUT2D eigenvalue weighted by molar-refractivity contribution is 6.74. The molecule has 0 saturated heterocycles. The average molecular weight is 561 g/mol. The fourth-order valence-electron chi connectivity index (χ4n) is 4.35. The SMILES string of the molecule is CC(=O)O[C@H]1CCC[C@@H](O[Si](C)(C)C(C)(C)C)C1.CC(=O)O[C@H]1C[C@@H](O)C[C@@H](O[Si](C)(C)C(C)(C)C)C1. The molecule has 0 aromatic rings. The Kier molecular flexibility index (Phi) is 12.6. The number of hydrogen-bond donors (Lipinski definition) is 1. The third-order valence-corrected chi connectivity index (χ3v) is 17.4. The van der Waals surface area contributed by atoms with Crippen molar-refractivity contribution >= 4 is 28.6 Å². The number of ether oxygens (including phenoxy) is 2. The lowest BCUT2D eigenvalue weighted by atomic mass is 9.92. The smallest absolute Gasteiger partial charge is 0.302 e. The van der Waals surface area contributed by atoms with E-state index in [0.717, 1.165) is 25.7 Å². The zero-order valence-corrected chi connectivity index (χ0v) is 27.7. The molecule has 0 heterocycles. The summed E-state index contributed by atoms with van der Waals surface area (Å²) in [5.74, 6) is -0.460. The quantitative estimate of drug-likeness (QED) is 0.284. The normalized spacial score (nSPS) is 27.5. The van der Waals surface area contributed by atoms with Crippen LogP contribution in [0.3, 0.4) is 0 Å². The van der Waals surface area contributed by atoms with Crippen molar-refractivity contribution in [3.63, 3.8) is 0 Å². The first-order chi connectivity index (χ1) is 16.6. The van der Waals surface area contributed by atoms with Gasteiger partial charge < -0.3 is 23.4 Å². The standard InChI is InChI=1S/C14H28O4Si.C14H28O3Si/c1-10(15)17-12-7-11(16)8-13(9-12)18-19(5,6)14(2,3)4;1-11(15)16-12-8-7-9-13(10-12)17-18(5,6)14(2,3)4/h11-13,16H,7-9H2,1-6H3;12-13H,7-10H2,1-6H3/t11-,12+,13-;12-,13+/m10/s1. The van der Waals surface area contributed by atoms with E-state index in [9.17, 15) is 14.7 Å². The van der Waals surface area contributed by atoms with Gasteiger partial charge in [-0.05, 0) is 61.9 Å². The molecule has 0 aliphatic heterocycles. The van der Waals surface area contributed by atoms with Crippen LogP contribution in [0.2, 0.25) is 36.3 Å². The molecule has 0 unspecified atom stereocenters. The van der Waals surface area contributed by atoms with Crippen LogP contribution >= 0.6 is 0 Å². The fraction of sp³-hybridized carbons (Fsp3) is 0.929. The van der Waals surface area contributed by atoms with E-state index in [1.54, 1.807) is 0 Å². The van der Waals surface area contributed by atoms with Crippen LogP contribution < -0.4 is 0 Å². The van der Waals surface area contributed by atoms with Crippen molar-refractivity contribution in [2.45, 2.75) is 167 Å². The largest absolute Gasteiger partial charge is 0.462 e. The molecule has 0 amide bonds. The van der Waals surface area contributed by atoms with Crippen LogP contribution in [0.25, 0.3) is 0 Å². The van der Waals surface area contributed by atoms with Crippen LogP contribution in [0.1, 0.15) is 100 Å². The minimum absolute atomic E-state index is 0.00556. The molecule has 2 rings (SSSR count). The first-order valence-electron chi connectivity index (χ1n) is 14.0. The zero-order valence-electron chi connectivity index (χ0n) is 25.7. The third kappa shape index (κ3) is 11.9. The van der Waals surface area contributed by atoms with Gasteiger partial charge in [-0.15, -0.1) is 0 Å². The van der Waals surface area contributed by atoms with Crippen molar-refractivity contribution in [1.29, 1.82) is 0 Å². The summed E-state index contributed by atoms with van der Waals surface area (Å²) >= 11 is 0. The minimum atomic E-state index is -1.84. The Balaban J connectivity index is 0.000000371. The van der Waals surface area contributed by atoms with E-state index in [-0.39, 0.29) is 46.4 Å². The Morgan fingerprint density at radius 3 is 1.49 bits per heavy atom. The minimum Gasteiger partial charge on any atom is -0.462 e. The number of hydrogen-bond acceptors (Lipinski definition) is 7. The summed E-state index contributed by atoms with van der Waals surface area (Å²) < 4.78 is 23.3. The van der Waals surface area contributed by atoms with E-state index in [1.165, 1.54) is 13.8 Å². The van der Waals surface area contributed by atoms with Crippen LogP contribution in [-0.2, 0) is 27.9 Å². The summed E-state index contributed by atoms with van der Waals surface area (Å²) in [5, 5.41) is 10.3. The van der Waals surface area contributed by atoms with Crippen LogP contribution in [0, 0.1) is 0 Å². The number of carbonyl (C=O) groups is 2. The number of carbonyl (C=O) groups excluding carboxylic acids is 2. The highest BCUT2D eigenvalue weighted by Crippen LogP contribution is 2.40. The van der Waals surface area contributed by atoms with Crippen LogP contribution in [0.15, 0.2) is 0 Å². The maximum Gasteiger partial charge on any atom is 0.302 e. The van der Waals surface area contributed by atoms with Gasteiger partial charge in [-0.1, -0.05) is 41.5 Å². The van der Waals surface area contributed by atoms with E-state index < -0.39 is 22.7 Å². The lowest BCUT2D eigenvalue weighted by Crippen LogP contribution is -2.47. The van der Waals surface area contributed by atoms with Crippen molar-refractivity contribution < 1.29 is 33.0 Å². The Labute approximate surface area is 228 Å². The van der Waals surface area contributed by atoms with Gasteiger partial charge in [0.15, 0.2) is 16.6 Å². The molecule has 2 fully saturated rings. The van der Waals surface area contributed by atoms with Gasteiger partial charge in [0, 0.05) is 39.2 Å². The molecule has 0 aromatic carbocycles. The lowest BCUT2D eigenvalue weighted by molar-refractivity contribution is -0.152. The van der Waals surface area contributed by atoms with Gasteiger partial charge in [-0.2, -0.15) is 0 Å². The van der Waals surface area contributed by atoms with E-state index in [2.05, 4.69) is 67.7 Å². The Bertz CT molecular complexity index is 740. The van der Waals surface area contributed by atoms with E-state index >= 15 is 0 Å². The molecule has 7 nitrogen and oxygen atoms in total. The summed E-state index contributed by atoms with van der Waals surface area (Å²) in [7, 11) is -3.55. The maximum absolute atomic E-state index is 11.0. The summed E-state index contributed by atoms with van der Waals surface area (Å²) in [5.41, 5.74) is 0. The van der Waals surface area contributed by atoms with E-state index in [1.807, 2.05) is 0 Å². The topological polar surface area (TPSA) is 91.3 Å². The van der Waals surface area contributed by atoms with Crippen LogP contribution in [-0.4, -0.2) is 64.2 Å². The van der Waals surface area contributed by atoms with Gasteiger partial charge in [0.2, 0.25) is 0 Å². The van der Waals surface area contributed by atoms with Crippen molar-refractivity contribution in [2.75, 3.05) is 0 Å². The lowest BCUT2D eigenvalue weighted by Gasteiger charge is -2.42. The molecule has 1 N–H and O–H groups in total. The van der Waals surface area contributed by atoms with Crippen LogP contribution in [0.5, 0.6) is 0 Å².